The number of ether oxygens (including phenoxy) is 1. The van der Waals surface area contributed by atoms with Crippen LogP contribution in [-0.4, -0.2) is 0 Å². The molecule has 1 nitrogen and oxygen atoms in total. The normalized spacial score (nSPS) is 14.4. The third kappa shape index (κ3) is 2.77. The van der Waals surface area contributed by atoms with Crippen LogP contribution in [0.3, 0.4) is 0 Å². The Morgan fingerprint density at radius 2 is 1.55 bits per heavy atom. The first-order valence-electron chi connectivity index (χ1n) is 8.33. The molecule has 0 spiro atoms. The maximum atomic E-state index is 6.13. The molecular weight excluding hydrogens is 268 g/mol. The molecule has 0 radical (unpaired) electrons. The Kier molecular flexibility index (Phi) is 4.65. The standard InChI is InChI=1S/C19H22O.C2H6/c1-12(2)14-7-9-17-16(11-14)19(4,5)15-8-6-13(3)10-18(15)20-17;1-2/h6-12H,1-5H3;1-2H3. The quantitative estimate of drug-likeness (QED) is 0.577. The third-order valence-electron chi connectivity index (χ3n) is 4.37. The van der Waals surface area contributed by atoms with Gasteiger partial charge in [0.25, 0.3) is 0 Å². The molecule has 1 aliphatic rings. The predicted octanol–water partition coefficient (Wildman–Crippen LogP) is 6.58. The van der Waals surface area contributed by atoms with Gasteiger partial charge in [0.15, 0.2) is 0 Å². The first-order valence-corrected chi connectivity index (χ1v) is 8.33. The largest absolute Gasteiger partial charge is 0.457 e. The Labute approximate surface area is 135 Å². The van der Waals surface area contributed by atoms with E-state index in [4.69, 9.17) is 4.74 Å². The van der Waals surface area contributed by atoms with Crippen molar-refractivity contribution in [3.05, 3.63) is 58.7 Å². The molecule has 0 amide bonds. The van der Waals surface area contributed by atoms with E-state index in [0.29, 0.717) is 5.92 Å². The molecule has 0 aliphatic carbocycles. The van der Waals surface area contributed by atoms with Gasteiger partial charge in [-0.15, -0.1) is 0 Å². The predicted molar refractivity (Wildman–Crippen MR) is 95.3 cm³/mol. The van der Waals surface area contributed by atoms with Crippen LogP contribution in [0.15, 0.2) is 36.4 Å². The zero-order valence-electron chi connectivity index (χ0n) is 14.9. The zero-order chi connectivity index (χ0) is 16.5. The highest BCUT2D eigenvalue weighted by Gasteiger charge is 2.34. The van der Waals surface area contributed by atoms with Gasteiger partial charge in [-0.2, -0.15) is 0 Å². The lowest BCUT2D eigenvalue weighted by Gasteiger charge is -2.35. The van der Waals surface area contributed by atoms with Crippen LogP contribution in [0.2, 0.25) is 0 Å². The Balaban J connectivity index is 0.000000847. The van der Waals surface area contributed by atoms with Gasteiger partial charge >= 0.3 is 0 Å². The van der Waals surface area contributed by atoms with E-state index in [2.05, 4.69) is 71.0 Å². The van der Waals surface area contributed by atoms with Crippen LogP contribution in [0.5, 0.6) is 11.5 Å². The minimum absolute atomic E-state index is 0.0124. The zero-order valence-corrected chi connectivity index (χ0v) is 14.9. The summed E-state index contributed by atoms with van der Waals surface area (Å²) in [4.78, 5) is 0. The molecule has 0 saturated carbocycles. The van der Waals surface area contributed by atoms with Gasteiger partial charge in [0.05, 0.1) is 0 Å². The van der Waals surface area contributed by atoms with Gasteiger partial charge in [0, 0.05) is 16.5 Å². The number of benzene rings is 2. The molecule has 0 bridgehead atoms. The van der Waals surface area contributed by atoms with E-state index in [-0.39, 0.29) is 5.41 Å². The van der Waals surface area contributed by atoms with Crippen LogP contribution >= 0.6 is 0 Å². The van der Waals surface area contributed by atoms with Crippen molar-refractivity contribution in [1.29, 1.82) is 0 Å². The van der Waals surface area contributed by atoms with Crippen LogP contribution < -0.4 is 4.74 Å². The highest BCUT2D eigenvalue weighted by atomic mass is 16.5. The van der Waals surface area contributed by atoms with Gasteiger partial charge in [0.1, 0.15) is 11.5 Å². The molecule has 0 saturated heterocycles. The summed E-state index contributed by atoms with van der Waals surface area (Å²) in [5.74, 6) is 2.54. The van der Waals surface area contributed by atoms with Crippen molar-refractivity contribution in [3.8, 4) is 11.5 Å². The molecule has 0 atom stereocenters. The van der Waals surface area contributed by atoms with Crippen molar-refractivity contribution in [2.24, 2.45) is 0 Å². The second-order valence-electron chi connectivity index (χ2n) is 6.64. The van der Waals surface area contributed by atoms with Gasteiger partial charge in [-0.1, -0.05) is 65.8 Å². The Hall–Kier alpha value is -1.76. The smallest absolute Gasteiger partial charge is 0.131 e. The van der Waals surface area contributed by atoms with E-state index >= 15 is 0 Å². The average molecular weight is 296 g/mol. The second kappa shape index (κ2) is 6.16. The van der Waals surface area contributed by atoms with Crippen LogP contribution in [-0.2, 0) is 5.41 Å². The van der Waals surface area contributed by atoms with Crippen molar-refractivity contribution in [2.75, 3.05) is 0 Å². The summed E-state index contributed by atoms with van der Waals surface area (Å²) in [6, 6.07) is 13.1. The van der Waals surface area contributed by atoms with Crippen LogP contribution in [0.1, 0.15) is 69.7 Å². The summed E-state index contributed by atoms with van der Waals surface area (Å²) in [6.07, 6.45) is 0. The lowest BCUT2D eigenvalue weighted by atomic mass is 9.74. The van der Waals surface area contributed by atoms with E-state index in [1.165, 1.54) is 22.3 Å². The van der Waals surface area contributed by atoms with E-state index in [1.54, 1.807) is 0 Å². The molecule has 1 aliphatic heterocycles. The Bertz CT molecular complexity index is 666. The van der Waals surface area contributed by atoms with Crippen LogP contribution in [0.25, 0.3) is 0 Å². The Morgan fingerprint density at radius 1 is 0.864 bits per heavy atom. The molecule has 2 aromatic carbocycles. The van der Waals surface area contributed by atoms with Gasteiger partial charge in [-0.05, 0) is 36.1 Å². The number of rotatable bonds is 1. The summed E-state index contributed by atoms with van der Waals surface area (Å²) in [5.41, 5.74) is 5.16. The molecule has 1 heteroatoms. The first-order chi connectivity index (χ1) is 10.4. The van der Waals surface area contributed by atoms with E-state index < -0.39 is 0 Å². The van der Waals surface area contributed by atoms with Crippen molar-refractivity contribution >= 4 is 0 Å². The third-order valence-corrected chi connectivity index (χ3v) is 4.37. The summed E-state index contributed by atoms with van der Waals surface area (Å²) in [7, 11) is 0. The lowest BCUT2D eigenvalue weighted by Crippen LogP contribution is -2.24. The maximum Gasteiger partial charge on any atom is 0.131 e. The molecule has 1 heterocycles. The van der Waals surface area contributed by atoms with Crippen LogP contribution in [0.4, 0.5) is 0 Å². The van der Waals surface area contributed by atoms with Gasteiger partial charge < -0.3 is 4.74 Å². The number of hydrogen-bond donors (Lipinski definition) is 0. The van der Waals surface area contributed by atoms with Crippen LogP contribution in [0, 0.1) is 6.92 Å². The molecule has 3 rings (SSSR count). The Morgan fingerprint density at radius 3 is 2.18 bits per heavy atom. The maximum absolute atomic E-state index is 6.13. The molecule has 0 unspecified atom stereocenters. The summed E-state index contributed by atoms with van der Waals surface area (Å²) < 4.78 is 6.13. The summed E-state index contributed by atoms with van der Waals surface area (Å²) in [6.45, 7) is 15.1. The van der Waals surface area contributed by atoms with E-state index in [0.717, 1.165) is 11.5 Å². The molecular formula is C21H28O. The number of fused-ring (bicyclic) bond motifs is 2. The van der Waals surface area contributed by atoms with Crippen molar-refractivity contribution < 1.29 is 4.74 Å². The molecule has 118 valence electrons. The molecule has 0 fully saturated rings. The number of aryl methyl sites for hydroxylation is 1. The van der Waals surface area contributed by atoms with Gasteiger partial charge in [-0.25, -0.2) is 0 Å². The van der Waals surface area contributed by atoms with Gasteiger partial charge in [-0.3, -0.25) is 0 Å². The van der Waals surface area contributed by atoms with Crippen molar-refractivity contribution in [1.82, 2.24) is 0 Å². The number of hydrogen-bond acceptors (Lipinski definition) is 1. The second-order valence-corrected chi connectivity index (χ2v) is 6.64. The topological polar surface area (TPSA) is 9.23 Å². The SMILES string of the molecule is CC.Cc1ccc2c(c1)Oc1ccc(C(C)C)cc1C2(C)C. The molecule has 22 heavy (non-hydrogen) atoms. The van der Waals surface area contributed by atoms with E-state index in [1.807, 2.05) is 13.8 Å². The first kappa shape index (κ1) is 16.6. The molecule has 0 aromatic heterocycles. The minimum atomic E-state index is -0.0124. The van der Waals surface area contributed by atoms with Crippen molar-refractivity contribution in [3.63, 3.8) is 0 Å². The highest BCUT2D eigenvalue weighted by Crippen LogP contribution is 2.48. The van der Waals surface area contributed by atoms with Crippen molar-refractivity contribution in [2.45, 2.75) is 59.8 Å². The minimum Gasteiger partial charge on any atom is -0.457 e. The molecule has 0 N–H and O–H groups in total. The average Bonchev–Trinajstić information content (AvgIpc) is 2.48. The summed E-state index contributed by atoms with van der Waals surface area (Å²) in [5, 5.41) is 0. The van der Waals surface area contributed by atoms with E-state index in [9.17, 15) is 0 Å². The van der Waals surface area contributed by atoms with Gasteiger partial charge in [0.2, 0.25) is 0 Å². The molecule has 2 aromatic rings. The lowest BCUT2D eigenvalue weighted by molar-refractivity contribution is 0.417. The monoisotopic (exact) mass is 296 g/mol. The summed E-state index contributed by atoms with van der Waals surface area (Å²) >= 11 is 0. The fourth-order valence-corrected chi connectivity index (χ4v) is 2.98. The highest BCUT2D eigenvalue weighted by molar-refractivity contribution is 5.58. The fourth-order valence-electron chi connectivity index (χ4n) is 2.98. The fraction of sp³-hybridized carbons (Fsp3) is 0.429.